The van der Waals surface area contributed by atoms with Crippen LogP contribution in [0.4, 0.5) is 0 Å². The van der Waals surface area contributed by atoms with Crippen LogP contribution in [-0.4, -0.2) is 5.11 Å². The van der Waals surface area contributed by atoms with Crippen molar-refractivity contribution < 1.29 is 5.11 Å². The molecule has 1 rings (SSSR count). The number of aliphatic hydroxyl groups excluding tert-OH is 1. The third-order valence-corrected chi connectivity index (χ3v) is 2.29. The summed E-state index contributed by atoms with van der Waals surface area (Å²) in [6, 6.07) is 7.93. The Balaban J connectivity index is 2.82. The van der Waals surface area contributed by atoms with Crippen molar-refractivity contribution in [3.63, 3.8) is 0 Å². The molecule has 1 aromatic carbocycles. The Labute approximate surface area is 79.7 Å². The summed E-state index contributed by atoms with van der Waals surface area (Å²) < 4.78 is 0. The fraction of sp³-hybridized carbons (Fsp3) is 0.333. The van der Waals surface area contributed by atoms with Gasteiger partial charge in [0.2, 0.25) is 0 Å². The van der Waals surface area contributed by atoms with Crippen molar-refractivity contribution in [1.82, 2.24) is 0 Å². The van der Waals surface area contributed by atoms with E-state index in [0.717, 1.165) is 5.56 Å². The molecular weight excluding hydrogens is 160 g/mol. The second-order valence-electron chi connectivity index (χ2n) is 3.45. The molecule has 0 aliphatic rings. The van der Waals surface area contributed by atoms with Crippen LogP contribution in [0.3, 0.4) is 0 Å². The minimum absolute atomic E-state index is 0.0997. The highest BCUT2D eigenvalue weighted by Crippen LogP contribution is 2.22. The average Bonchev–Trinajstić information content (AvgIpc) is 2.17. The topological polar surface area (TPSA) is 20.2 Å². The Morgan fingerprint density at radius 2 is 1.85 bits per heavy atom. The lowest BCUT2D eigenvalue weighted by Gasteiger charge is -2.15. The van der Waals surface area contributed by atoms with Gasteiger partial charge in [-0.25, -0.2) is 0 Å². The highest BCUT2D eigenvalue weighted by molar-refractivity contribution is 5.23. The third kappa shape index (κ3) is 2.43. The molecule has 13 heavy (non-hydrogen) atoms. The molecule has 0 aliphatic carbocycles. The molecule has 0 saturated carbocycles. The molecule has 0 aliphatic heterocycles. The van der Waals surface area contributed by atoms with Gasteiger partial charge in [0.1, 0.15) is 0 Å². The predicted octanol–water partition coefficient (Wildman–Crippen LogP) is 2.85. The largest absolute Gasteiger partial charge is 0.388 e. The molecule has 0 spiro atoms. The van der Waals surface area contributed by atoms with Gasteiger partial charge in [-0.05, 0) is 12.5 Å². The lowest BCUT2D eigenvalue weighted by Crippen LogP contribution is -2.05. The van der Waals surface area contributed by atoms with E-state index in [1.54, 1.807) is 6.08 Å². The second kappa shape index (κ2) is 4.24. The third-order valence-electron chi connectivity index (χ3n) is 2.29. The summed E-state index contributed by atoms with van der Waals surface area (Å²) in [6.45, 7) is 7.66. The highest BCUT2D eigenvalue weighted by atomic mass is 16.3. The van der Waals surface area contributed by atoms with Gasteiger partial charge in [-0.3, -0.25) is 0 Å². The lowest BCUT2D eigenvalue weighted by atomic mass is 9.97. The van der Waals surface area contributed by atoms with E-state index in [0.29, 0.717) is 0 Å². The number of aryl methyl sites for hydroxylation is 1. The standard InChI is InChI=1S/C12H16O/c1-4-10(3)12(13)11-7-5-9(2)6-8-11/h4-8,10,12-13H,1H2,2-3H3/t10?,12-/m1/s1. The van der Waals surface area contributed by atoms with Crippen LogP contribution in [0.5, 0.6) is 0 Å². The normalized spacial score (nSPS) is 15.0. The summed E-state index contributed by atoms with van der Waals surface area (Å²) in [6.07, 6.45) is 1.34. The molecule has 0 heterocycles. The Bertz CT molecular complexity index is 274. The first-order chi connectivity index (χ1) is 6.15. The van der Waals surface area contributed by atoms with Crippen molar-refractivity contribution in [2.75, 3.05) is 0 Å². The molecule has 2 atom stereocenters. The molecule has 0 aromatic heterocycles. The van der Waals surface area contributed by atoms with Crippen molar-refractivity contribution in [1.29, 1.82) is 0 Å². The van der Waals surface area contributed by atoms with Crippen LogP contribution in [0, 0.1) is 12.8 Å². The number of hydrogen-bond donors (Lipinski definition) is 1. The van der Waals surface area contributed by atoms with E-state index in [4.69, 9.17) is 0 Å². The molecule has 70 valence electrons. The summed E-state index contributed by atoms with van der Waals surface area (Å²) in [7, 11) is 0. The fourth-order valence-electron chi connectivity index (χ4n) is 1.20. The molecule has 0 fully saturated rings. The summed E-state index contributed by atoms with van der Waals surface area (Å²) >= 11 is 0. The molecule has 0 saturated heterocycles. The zero-order valence-electron chi connectivity index (χ0n) is 8.20. The van der Waals surface area contributed by atoms with Crippen molar-refractivity contribution in [2.24, 2.45) is 5.92 Å². The van der Waals surface area contributed by atoms with E-state index in [2.05, 4.69) is 6.58 Å². The van der Waals surface area contributed by atoms with Gasteiger partial charge < -0.3 is 5.11 Å². The molecular formula is C12H16O. The average molecular weight is 176 g/mol. The maximum Gasteiger partial charge on any atom is 0.0849 e. The molecule has 0 radical (unpaired) electrons. The van der Waals surface area contributed by atoms with Gasteiger partial charge in [0.25, 0.3) is 0 Å². The number of hydrogen-bond acceptors (Lipinski definition) is 1. The van der Waals surface area contributed by atoms with E-state index in [1.165, 1.54) is 5.56 Å². The van der Waals surface area contributed by atoms with Gasteiger partial charge >= 0.3 is 0 Å². The maximum atomic E-state index is 9.81. The van der Waals surface area contributed by atoms with Crippen molar-refractivity contribution in [3.05, 3.63) is 48.0 Å². The highest BCUT2D eigenvalue weighted by Gasteiger charge is 2.12. The van der Waals surface area contributed by atoms with Gasteiger partial charge in [-0.15, -0.1) is 6.58 Å². The van der Waals surface area contributed by atoms with Crippen LogP contribution in [0.25, 0.3) is 0 Å². The molecule has 1 N–H and O–H groups in total. The molecule has 0 bridgehead atoms. The summed E-state index contributed by atoms with van der Waals surface area (Å²) in [4.78, 5) is 0. The van der Waals surface area contributed by atoms with Crippen molar-refractivity contribution in [2.45, 2.75) is 20.0 Å². The zero-order chi connectivity index (χ0) is 9.84. The first-order valence-corrected chi connectivity index (χ1v) is 4.52. The van der Waals surface area contributed by atoms with Crippen molar-refractivity contribution >= 4 is 0 Å². The molecule has 1 heteroatoms. The van der Waals surface area contributed by atoms with Crippen LogP contribution in [0.15, 0.2) is 36.9 Å². The number of aliphatic hydroxyl groups is 1. The van der Waals surface area contributed by atoms with E-state index < -0.39 is 6.10 Å². The summed E-state index contributed by atoms with van der Waals surface area (Å²) in [5, 5.41) is 9.81. The molecule has 1 nitrogen and oxygen atoms in total. The lowest BCUT2D eigenvalue weighted by molar-refractivity contribution is 0.140. The monoisotopic (exact) mass is 176 g/mol. The quantitative estimate of drug-likeness (QED) is 0.702. The molecule has 1 aromatic rings. The summed E-state index contributed by atoms with van der Waals surface area (Å²) in [5.74, 6) is 0.0997. The smallest absolute Gasteiger partial charge is 0.0849 e. The summed E-state index contributed by atoms with van der Waals surface area (Å²) in [5.41, 5.74) is 2.17. The van der Waals surface area contributed by atoms with Crippen LogP contribution >= 0.6 is 0 Å². The Morgan fingerprint density at radius 1 is 1.31 bits per heavy atom. The van der Waals surface area contributed by atoms with E-state index in [1.807, 2.05) is 38.1 Å². The number of benzene rings is 1. The fourth-order valence-corrected chi connectivity index (χ4v) is 1.20. The van der Waals surface area contributed by atoms with Crippen LogP contribution in [0.2, 0.25) is 0 Å². The SMILES string of the molecule is C=CC(C)[C@@H](O)c1ccc(C)cc1. The van der Waals surface area contributed by atoms with E-state index in [9.17, 15) is 5.11 Å². The maximum absolute atomic E-state index is 9.81. The van der Waals surface area contributed by atoms with E-state index >= 15 is 0 Å². The van der Waals surface area contributed by atoms with Crippen molar-refractivity contribution in [3.8, 4) is 0 Å². The second-order valence-corrected chi connectivity index (χ2v) is 3.45. The number of rotatable bonds is 3. The van der Waals surface area contributed by atoms with Gasteiger partial charge in [0.05, 0.1) is 6.10 Å². The van der Waals surface area contributed by atoms with Gasteiger partial charge in [-0.1, -0.05) is 42.8 Å². The predicted molar refractivity (Wildman–Crippen MR) is 55.5 cm³/mol. The minimum atomic E-state index is -0.432. The minimum Gasteiger partial charge on any atom is -0.388 e. The first-order valence-electron chi connectivity index (χ1n) is 4.52. The Morgan fingerprint density at radius 3 is 2.31 bits per heavy atom. The van der Waals surface area contributed by atoms with E-state index in [-0.39, 0.29) is 5.92 Å². The molecule has 0 amide bonds. The van der Waals surface area contributed by atoms with Crippen LogP contribution in [0.1, 0.15) is 24.2 Å². The zero-order valence-corrected chi connectivity index (χ0v) is 8.20. The van der Waals surface area contributed by atoms with Crippen LogP contribution < -0.4 is 0 Å². The van der Waals surface area contributed by atoms with Gasteiger partial charge in [-0.2, -0.15) is 0 Å². The first kappa shape index (κ1) is 10.0. The Kier molecular flexibility index (Phi) is 3.26. The van der Waals surface area contributed by atoms with Gasteiger partial charge in [0.15, 0.2) is 0 Å². The van der Waals surface area contributed by atoms with Crippen LogP contribution in [-0.2, 0) is 0 Å². The Hall–Kier alpha value is -1.08. The van der Waals surface area contributed by atoms with Gasteiger partial charge in [0, 0.05) is 5.92 Å². The molecule has 1 unspecified atom stereocenters.